The standard InChI is InChI=1S/C73H121N7O17/c1-54(2)11-8-12-55(3)61-17-18-62-60-16-15-58-53-59(19-23-72(58,6)63(60)20-24-73(61,62)7)97-38-33-78(31-25-74-66(83)21-34-89-39-43-93-47-49-95-45-41-91-36-27-76-64(81)13-9-29-79-68(85)51-56(4)70(79)87)32-26-75-67(84)22-35-90-40-44-94-48-50-96-46-42-92-37-28-77-65(82)14-10-30-80-69(86)52-57(5)71(80)88/h15,51-52,54-55,59-63H,8-14,16-50,53H2,1-7H3,(H,74,83)(H,75,84)(H,76,81)(H,77,82). The van der Waals surface area contributed by atoms with Crippen molar-refractivity contribution in [1.82, 2.24) is 36.0 Å². The van der Waals surface area contributed by atoms with Crippen LogP contribution < -0.4 is 21.3 Å². The highest BCUT2D eigenvalue weighted by molar-refractivity contribution is 6.16. The Labute approximate surface area is 578 Å². The molecule has 0 aromatic carbocycles. The largest absolute Gasteiger partial charge is 0.379 e. The number of hydrogen-bond acceptors (Lipinski definition) is 18. The van der Waals surface area contributed by atoms with Gasteiger partial charge < -0.3 is 63.9 Å². The molecule has 0 spiro atoms. The summed E-state index contributed by atoms with van der Waals surface area (Å²) >= 11 is 0. The monoisotopic (exact) mass is 1370 g/mol. The highest BCUT2D eigenvalue weighted by Crippen LogP contribution is 2.67. The lowest BCUT2D eigenvalue weighted by molar-refractivity contribution is -0.139. The van der Waals surface area contributed by atoms with Crippen LogP contribution in [-0.2, 0) is 81.0 Å². The van der Waals surface area contributed by atoms with Gasteiger partial charge in [0.15, 0.2) is 0 Å². The maximum absolute atomic E-state index is 12.9. The van der Waals surface area contributed by atoms with E-state index in [1.165, 1.54) is 69.9 Å². The van der Waals surface area contributed by atoms with Crippen molar-refractivity contribution in [3.05, 3.63) is 34.9 Å². The van der Waals surface area contributed by atoms with E-state index in [0.29, 0.717) is 174 Å². The van der Waals surface area contributed by atoms with Gasteiger partial charge in [-0.25, -0.2) is 0 Å². The minimum absolute atomic E-state index is 0.105. The minimum atomic E-state index is -0.336. The van der Waals surface area contributed by atoms with Gasteiger partial charge in [0.1, 0.15) is 0 Å². The summed E-state index contributed by atoms with van der Waals surface area (Å²) in [4.78, 5) is 102. The van der Waals surface area contributed by atoms with Crippen molar-refractivity contribution >= 4 is 47.3 Å². The Kier molecular flexibility index (Phi) is 37.0. The number of nitrogens with zero attached hydrogens (tertiary/aromatic N) is 3. The molecule has 2 aliphatic heterocycles. The Bertz CT molecular complexity index is 2450. The number of fused-ring (bicyclic) bond motifs is 5. The molecule has 550 valence electrons. The third kappa shape index (κ3) is 27.8. The van der Waals surface area contributed by atoms with E-state index in [-0.39, 0.29) is 111 Å². The van der Waals surface area contributed by atoms with Gasteiger partial charge >= 0.3 is 0 Å². The predicted molar refractivity (Wildman–Crippen MR) is 366 cm³/mol. The Morgan fingerprint density at radius 1 is 0.515 bits per heavy atom. The molecule has 0 aromatic rings. The van der Waals surface area contributed by atoms with Crippen molar-refractivity contribution in [2.45, 2.75) is 164 Å². The molecule has 8 unspecified atom stereocenters. The zero-order valence-electron chi connectivity index (χ0n) is 60.0. The SMILES string of the molecule is CC1=CC(=O)N(CCCC(=O)NCCOCCOCCOCCOCCC(=O)NCCN(CCNC(=O)CCOCCOCCOCCOCCNC(=O)CCCN2C(=O)C=C(C)C2=O)CCOC2CCC3(C)C(=CCC4C3CCC3(C)C(C(C)CCCC(C)C)CCC43)C2)C1=O. The summed E-state index contributed by atoms with van der Waals surface area (Å²) in [5.41, 5.74) is 3.17. The lowest BCUT2D eigenvalue weighted by Gasteiger charge is -2.58. The summed E-state index contributed by atoms with van der Waals surface area (Å²) in [6.07, 6.45) is 21.1. The zero-order valence-corrected chi connectivity index (χ0v) is 60.0. The van der Waals surface area contributed by atoms with Crippen LogP contribution in [0.2, 0.25) is 0 Å². The molecule has 0 saturated heterocycles. The minimum Gasteiger partial charge on any atom is -0.379 e. The maximum Gasteiger partial charge on any atom is 0.256 e. The van der Waals surface area contributed by atoms with E-state index in [1.54, 1.807) is 19.4 Å². The molecule has 0 bridgehead atoms. The topological polar surface area (TPSA) is 277 Å². The molecule has 2 heterocycles. The number of allylic oxidation sites excluding steroid dienone is 1. The van der Waals surface area contributed by atoms with Crippen molar-refractivity contribution in [2.75, 3.05) is 171 Å². The molecule has 4 aliphatic carbocycles. The molecule has 3 fully saturated rings. The normalized spacial score (nSPS) is 23.4. The molecule has 0 radical (unpaired) electrons. The first kappa shape index (κ1) is 81.0. The van der Waals surface area contributed by atoms with Gasteiger partial charge in [-0.3, -0.25) is 53.1 Å². The summed E-state index contributed by atoms with van der Waals surface area (Å²) in [5.74, 6) is 3.00. The predicted octanol–water partition coefficient (Wildman–Crippen LogP) is 6.28. The third-order valence-electron chi connectivity index (χ3n) is 20.8. The summed E-state index contributed by atoms with van der Waals surface area (Å²) in [6.45, 7) is 25.7. The third-order valence-corrected chi connectivity index (χ3v) is 20.8. The first-order chi connectivity index (χ1) is 46.8. The molecule has 6 aliphatic rings. The van der Waals surface area contributed by atoms with E-state index in [2.05, 4.69) is 66.9 Å². The quantitative estimate of drug-likeness (QED) is 0.0296. The molecule has 4 N–H and O–H groups in total. The second-order valence-electron chi connectivity index (χ2n) is 28.1. The van der Waals surface area contributed by atoms with Gasteiger partial charge in [-0.2, -0.15) is 0 Å². The van der Waals surface area contributed by atoms with Crippen LogP contribution in [0.25, 0.3) is 0 Å². The number of nitrogens with one attached hydrogen (secondary N) is 4. The van der Waals surface area contributed by atoms with E-state index in [0.717, 1.165) is 58.1 Å². The van der Waals surface area contributed by atoms with E-state index < -0.39 is 0 Å². The maximum atomic E-state index is 12.9. The van der Waals surface area contributed by atoms with Crippen LogP contribution in [0.3, 0.4) is 0 Å². The number of carbonyl (C=O) groups excluding carboxylic acids is 8. The van der Waals surface area contributed by atoms with E-state index >= 15 is 0 Å². The molecule has 8 amide bonds. The number of ether oxygens (including phenoxy) is 9. The second-order valence-corrected chi connectivity index (χ2v) is 28.1. The molecule has 8 atom stereocenters. The van der Waals surface area contributed by atoms with Gasteiger partial charge in [-0.1, -0.05) is 65.5 Å². The fourth-order valence-corrected chi connectivity index (χ4v) is 15.4. The van der Waals surface area contributed by atoms with Gasteiger partial charge in [-0.15, -0.1) is 0 Å². The van der Waals surface area contributed by atoms with E-state index in [4.69, 9.17) is 42.6 Å². The van der Waals surface area contributed by atoms with Crippen molar-refractivity contribution in [3.63, 3.8) is 0 Å². The molecular formula is C73H121N7O17. The molecule has 97 heavy (non-hydrogen) atoms. The Morgan fingerprint density at radius 3 is 1.43 bits per heavy atom. The molecule has 6 rings (SSSR count). The average molecular weight is 1370 g/mol. The lowest BCUT2D eigenvalue weighted by atomic mass is 9.47. The lowest BCUT2D eigenvalue weighted by Crippen LogP contribution is -2.51. The number of rotatable bonds is 53. The molecule has 0 aromatic heterocycles. The number of amides is 8. The number of carbonyl (C=O) groups is 8. The van der Waals surface area contributed by atoms with E-state index in [9.17, 15) is 38.4 Å². The van der Waals surface area contributed by atoms with Crippen molar-refractivity contribution in [2.24, 2.45) is 46.3 Å². The van der Waals surface area contributed by atoms with Crippen LogP contribution in [0, 0.1) is 46.3 Å². The molecule has 3 saturated carbocycles. The fourth-order valence-electron chi connectivity index (χ4n) is 15.4. The first-order valence-corrected chi connectivity index (χ1v) is 36.6. The first-order valence-electron chi connectivity index (χ1n) is 36.6. The average Bonchev–Trinajstić information content (AvgIpc) is 1.69. The number of hydrogen-bond donors (Lipinski definition) is 4. The van der Waals surface area contributed by atoms with Gasteiger partial charge in [0.25, 0.3) is 23.6 Å². The van der Waals surface area contributed by atoms with Crippen molar-refractivity contribution in [3.8, 4) is 0 Å². The smallest absolute Gasteiger partial charge is 0.256 e. The number of imide groups is 2. The second kappa shape index (κ2) is 44.3. The van der Waals surface area contributed by atoms with Crippen LogP contribution in [-0.4, -0.2) is 239 Å². The van der Waals surface area contributed by atoms with Gasteiger partial charge in [0.05, 0.1) is 118 Å². The zero-order chi connectivity index (χ0) is 69.8. The molecule has 24 nitrogen and oxygen atoms in total. The van der Waals surface area contributed by atoms with Gasteiger partial charge in [0.2, 0.25) is 23.6 Å². The summed E-state index contributed by atoms with van der Waals surface area (Å²) in [6, 6.07) is 0. The van der Waals surface area contributed by atoms with Crippen LogP contribution in [0.5, 0.6) is 0 Å². The Balaban J connectivity index is 0.797. The van der Waals surface area contributed by atoms with Gasteiger partial charge in [-0.05, 0) is 124 Å². The molecular weight excluding hydrogens is 1250 g/mol. The van der Waals surface area contributed by atoms with Crippen LogP contribution in [0.1, 0.15) is 158 Å². The highest BCUT2D eigenvalue weighted by atomic mass is 16.6. The Hall–Kier alpha value is -5.02. The molecule has 24 heteroatoms. The van der Waals surface area contributed by atoms with E-state index in [1.807, 2.05) is 0 Å². The van der Waals surface area contributed by atoms with Crippen molar-refractivity contribution in [1.29, 1.82) is 0 Å². The Morgan fingerprint density at radius 2 is 0.969 bits per heavy atom. The van der Waals surface area contributed by atoms with Gasteiger partial charge in [0, 0.05) is 108 Å². The summed E-state index contributed by atoms with van der Waals surface area (Å²) < 4.78 is 51.4. The highest BCUT2D eigenvalue weighted by Gasteiger charge is 2.59. The summed E-state index contributed by atoms with van der Waals surface area (Å²) in [5, 5.41) is 11.6. The van der Waals surface area contributed by atoms with Crippen LogP contribution in [0.15, 0.2) is 34.9 Å². The fraction of sp³-hybridized carbons (Fsp3) is 0.808. The summed E-state index contributed by atoms with van der Waals surface area (Å²) in [7, 11) is 0. The van der Waals surface area contributed by atoms with Crippen LogP contribution in [0.4, 0.5) is 0 Å². The van der Waals surface area contributed by atoms with Crippen LogP contribution >= 0.6 is 0 Å². The van der Waals surface area contributed by atoms with Crippen molar-refractivity contribution < 1.29 is 81.0 Å².